The van der Waals surface area contributed by atoms with Gasteiger partial charge in [-0.3, -0.25) is 18.9 Å². The molecule has 9 heteroatoms. The van der Waals surface area contributed by atoms with Crippen LogP contribution in [0.5, 0.6) is 0 Å². The van der Waals surface area contributed by atoms with E-state index in [-0.39, 0.29) is 11.5 Å². The van der Waals surface area contributed by atoms with Gasteiger partial charge in [0, 0.05) is 41.8 Å². The van der Waals surface area contributed by atoms with Gasteiger partial charge in [-0.25, -0.2) is 13.8 Å². The summed E-state index contributed by atoms with van der Waals surface area (Å²) >= 11 is 0. The molecule has 2 aromatic heterocycles. The van der Waals surface area contributed by atoms with Gasteiger partial charge in [-0.2, -0.15) is 5.10 Å². The molecule has 1 amide bonds. The number of likely N-dealkylation sites (tertiary alicyclic amines) is 1. The van der Waals surface area contributed by atoms with E-state index in [1.165, 1.54) is 12.1 Å². The summed E-state index contributed by atoms with van der Waals surface area (Å²) in [5.74, 6) is -1.45. The zero-order valence-corrected chi connectivity index (χ0v) is 20.9. The van der Waals surface area contributed by atoms with Crippen LogP contribution in [0.15, 0.2) is 73.3 Å². The van der Waals surface area contributed by atoms with Crippen molar-refractivity contribution in [1.29, 1.82) is 0 Å². The third-order valence-electron chi connectivity index (χ3n) is 6.87. The Balaban J connectivity index is 1.40. The summed E-state index contributed by atoms with van der Waals surface area (Å²) in [5, 5.41) is 7.21. The highest BCUT2D eigenvalue weighted by Gasteiger charge is 2.17. The summed E-state index contributed by atoms with van der Waals surface area (Å²) in [6.07, 6.45) is 7.62. The van der Waals surface area contributed by atoms with Crippen LogP contribution in [0.25, 0.3) is 39.0 Å². The number of fused-ring (bicyclic) bond motifs is 1. The Morgan fingerprint density at radius 2 is 1.82 bits per heavy atom. The molecule has 38 heavy (non-hydrogen) atoms. The van der Waals surface area contributed by atoms with Crippen LogP contribution < -0.4 is 5.32 Å². The number of imidazole rings is 1. The quantitative estimate of drug-likeness (QED) is 0.331. The van der Waals surface area contributed by atoms with Crippen LogP contribution >= 0.6 is 0 Å². The Hall–Kier alpha value is -4.37. The van der Waals surface area contributed by atoms with Crippen molar-refractivity contribution in [3.63, 3.8) is 0 Å². The van der Waals surface area contributed by atoms with E-state index in [2.05, 4.69) is 20.3 Å². The molecule has 192 valence electrons. The van der Waals surface area contributed by atoms with Gasteiger partial charge in [-0.1, -0.05) is 6.07 Å². The number of carbonyl (C=O) groups is 1. The average Bonchev–Trinajstić information content (AvgIpc) is 3.64. The number of benzene rings is 3. The van der Waals surface area contributed by atoms with Crippen molar-refractivity contribution < 1.29 is 13.6 Å². The van der Waals surface area contributed by atoms with Crippen LogP contribution in [-0.2, 0) is 11.8 Å². The van der Waals surface area contributed by atoms with Gasteiger partial charge in [0.1, 0.15) is 18.0 Å². The van der Waals surface area contributed by atoms with Crippen LogP contribution in [-0.4, -0.2) is 49.8 Å². The molecule has 0 unspecified atom stereocenters. The molecule has 1 fully saturated rings. The fourth-order valence-electron chi connectivity index (χ4n) is 5.01. The Bertz CT molecular complexity index is 1650. The first-order valence-electron chi connectivity index (χ1n) is 12.5. The lowest BCUT2D eigenvalue weighted by molar-refractivity contribution is -0.117. The van der Waals surface area contributed by atoms with Gasteiger partial charge in [0.25, 0.3) is 0 Å². The van der Waals surface area contributed by atoms with E-state index in [0.29, 0.717) is 23.5 Å². The second kappa shape index (κ2) is 9.83. The number of rotatable bonds is 6. The maximum Gasteiger partial charge on any atom is 0.238 e. The van der Waals surface area contributed by atoms with E-state index >= 15 is 0 Å². The molecular weight excluding hydrogens is 486 g/mol. The fraction of sp³-hybridized carbons (Fsp3) is 0.207. The summed E-state index contributed by atoms with van der Waals surface area (Å²) in [4.78, 5) is 19.5. The van der Waals surface area contributed by atoms with Gasteiger partial charge in [0.15, 0.2) is 0 Å². The van der Waals surface area contributed by atoms with Crippen LogP contribution in [0, 0.1) is 11.6 Å². The van der Waals surface area contributed by atoms with Crippen LogP contribution in [0.1, 0.15) is 12.8 Å². The van der Waals surface area contributed by atoms with Crippen LogP contribution in [0.3, 0.4) is 0 Å². The van der Waals surface area contributed by atoms with Gasteiger partial charge in [0.05, 0.1) is 23.8 Å². The Morgan fingerprint density at radius 1 is 0.974 bits per heavy atom. The summed E-state index contributed by atoms with van der Waals surface area (Å²) in [6, 6.07) is 14.8. The zero-order chi connectivity index (χ0) is 26.2. The van der Waals surface area contributed by atoms with E-state index < -0.39 is 11.6 Å². The first-order chi connectivity index (χ1) is 18.4. The predicted molar refractivity (Wildman–Crippen MR) is 143 cm³/mol. The second-order valence-corrected chi connectivity index (χ2v) is 9.64. The van der Waals surface area contributed by atoms with Crippen molar-refractivity contribution in [2.45, 2.75) is 12.8 Å². The van der Waals surface area contributed by atoms with E-state index in [9.17, 15) is 13.6 Å². The monoisotopic (exact) mass is 512 g/mol. The smallest absolute Gasteiger partial charge is 0.238 e. The zero-order valence-electron chi connectivity index (χ0n) is 20.9. The number of aryl methyl sites for hydroxylation is 1. The van der Waals surface area contributed by atoms with Crippen LogP contribution in [0.4, 0.5) is 14.5 Å². The van der Waals surface area contributed by atoms with Gasteiger partial charge < -0.3 is 5.32 Å². The number of hydrogen-bond donors (Lipinski definition) is 1. The maximum atomic E-state index is 14.8. The number of carbonyl (C=O) groups excluding carboxylic acids is 1. The van der Waals surface area contributed by atoms with Crippen molar-refractivity contribution >= 4 is 22.6 Å². The predicted octanol–water partition coefficient (Wildman–Crippen LogP) is 5.41. The third-order valence-corrected chi connectivity index (χ3v) is 6.87. The SMILES string of the molecule is Cn1cc(-c2ccc3c(c2)ncn3-c2cc(NC(=O)CN3CCCC3)cc(-c3ccc(F)cc3F)c2)cn1. The fourth-order valence-corrected chi connectivity index (χ4v) is 5.01. The molecule has 5 aromatic rings. The topological polar surface area (TPSA) is 68.0 Å². The normalized spacial score (nSPS) is 13.9. The first kappa shape index (κ1) is 24.0. The van der Waals surface area contributed by atoms with Crippen LogP contribution in [0.2, 0.25) is 0 Å². The molecule has 0 spiro atoms. The summed E-state index contributed by atoms with van der Waals surface area (Å²) in [7, 11) is 1.87. The van der Waals surface area contributed by atoms with E-state index in [4.69, 9.17) is 0 Å². The lowest BCUT2D eigenvalue weighted by Crippen LogP contribution is -2.30. The molecule has 0 atom stereocenters. The van der Waals surface area contributed by atoms with E-state index in [0.717, 1.165) is 54.2 Å². The lowest BCUT2D eigenvalue weighted by atomic mass is 10.0. The summed E-state index contributed by atoms with van der Waals surface area (Å²) in [6.45, 7) is 2.11. The molecule has 1 aliphatic heterocycles. The molecule has 1 saturated heterocycles. The Kier molecular flexibility index (Phi) is 6.21. The van der Waals surface area contributed by atoms with Gasteiger partial charge in [0.2, 0.25) is 5.91 Å². The van der Waals surface area contributed by atoms with Crippen molar-refractivity contribution in [1.82, 2.24) is 24.2 Å². The minimum atomic E-state index is -0.673. The Labute approximate surface area is 218 Å². The summed E-state index contributed by atoms with van der Waals surface area (Å²) in [5.41, 5.74) is 5.59. The molecule has 0 saturated carbocycles. The number of nitrogens with one attached hydrogen (secondary N) is 1. The number of aromatic nitrogens is 4. The van der Waals surface area contributed by atoms with Crippen molar-refractivity contribution in [2.24, 2.45) is 7.05 Å². The molecule has 1 aliphatic rings. The molecule has 3 heterocycles. The van der Waals surface area contributed by atoms with E-state index in [1.807, 2.05) is 48.1 Å². The highest BCUT2D eigenvalue weighted by Crippen LogP contribution is 2.31. The standard InChI is InChI=1S/C29H26F2N6O/c1-35-16-21(15-33-35)19-4-7-28-27(12-19)32-18-37(28)24-11-20(25-6-5-22(30)13-26(25)31)10-23(14-24)34-29(38)17-36-8-2-3-9-36/h4-7,10-16,18H,2-3,8-9,17H2,1H3,(H,34,38). The molecular formula is C29H26F2N6O. The van der Waals surface area contributed by atoms with Gasteiger partial charge in [-0.15, -0.1) is 0 Å². The number of nitrogens with zero attached hydrogens (tertiary/aromatic N) is 5. The number of amides is 1. The highest BCUT2D eigenvalue weighted by atomic mass is 19.1. The first-order valence-corrected chi connectivity index (χ1v) is 12.5. The maximum absolute atomic E-state index is 14.8. The molecule has 0 radical (unpaired) electrons. The lowest BCUT2D eigenvalue weighted by Gasteiger charge is -2.16. The van der Waals surface area contributed by atoms with Crippen molar-refractivity contribution in [3.8, 4) is 27.9 Å². The largest absolute Gasteiger partial charge is 0.325 e. The van der Waals surface area contributed by atoms with Gasteiger partial charge >= 0.3 is 0 Å². The average molecular weight is 513 g/mol. The van der Waals surface area contributed by atoms with Gasteiger partial charge in [-0.05, 0) is 79.5 Å². The molecule has 1 N–H and O–H groups in total. The number of hydrogen-bond acceptors (Lipinski definition) is 4. The molecule has 3 aromatic carbocycles. The molecule has 6 rings (SSSR count). The molecule has 7 nitrogen and oxygen atoms in total. The third kappa shape index (κ3) is 4.80. The minimum absolute atomic E-state index is 0.133. The highest BCUT2D eigenvalue weighted by molar-refractivity contribution is 5.94. The Morgan fingerprint density at radius 3 is 2.58 bits per heavy atom. The molecule has 0 bridgehead atoms. The summed E-state index contributed by atoms with van der Waals surface area (Å²) < 4.78 is 32.0. The second-order valence-electron chi connectivity index (χ2n) is 9.64. The van der Waals surface area contributed by atoms with Crippen molar-refractivity contribution in [2.75, 3.05) is 25.0 Å². The van der Waals surface area contributed by atoms with Crippen molar-refractivity contribution in [3.05, 3.63) is 85.0 Å². The van der Waals surface area contributed by atoms with E-state index in [1.54, 1.807) is 23.3 Å². The minimum Gasteiger partial charge on any atom is -0.325 e. The molecule has 0 aliphatic carbocycles. The number of halogens is 2. The number of anilines is 1.